The molecule has 0 fully saturated rings. The van der Waals surface area contributed by atoms with E-state index in [1.165, 1.54) is 0 Å². The van der Waals surface area contributed by atoms with Crippen molar-refractivity contribution in [2.24, 2.45) is 0 Å². The van der Waals surface area contributed by atoms with Crippen LogP contribution in [0, 0.1) is 39.9 Å². The number of hydrogen-bond acceptors (Lipinski definition) is 0. The van der Waals surface area contributed by atoms with E-state index >= 15 is 0 Å². The van der Waals surface area contributed by atoms with E-state index in [1.807, 2.05) is 0 Å². The van der Waals surface area contributed by atoms with Crippen molar-refractivity contribution in [2.75, 3.05) is 0 Å². The molecule has 0 aliphatic carbocycles. The topological polar surface area (TPSA) is 0 Å². The zero-order valence-corrected chi connectivity index (χ0v) is 5.58. The van der Waals surface area contributed by atoms with E-state index in [0.29, 0.717) is 0 Å². The van der Waals surface area contributed by atoms with Crippen LogP contribution in [-0.2, 0) is 26.2 Å². The molecule has 0 nitrogen and oxygen atoms in total. The Morgan fingerprint density at radius 3 is 1.00 bits per heavy atom. The van der Waals surface area contributed by atoms with E-state index in [-0.39, 0.29) is 127 Å². The molecule has 0 amide bonds. The normalized spacial score (nSPS) is 0. The molecule has 0 radical (unpaired) electrons. The van der Waals surface area contributed by atoms with Crippen LogP contribution >= 0.6 is 0 Å². The summed E-state index contributed by atoms with van der Waals surface area (Å²) in [6, 6.07) is 0. The van der Waals surface area contributed by atoms with Gasteiger partial charge in [-0.1, -0.05) is 0 Å². The second-order valence-corrected chi connectivity index (χ2v) is 0. The molecule has 0 heterocycles. The Morgan fingerprint density at radius 1 is 1.00 bits per heavy atom. The van der Waals surface area contributed by atoms with Gasteiger partial charge in [-0.25, -0.2) is 0 Å². The summed E-state index contributed by atoms with van der Waals surface area (Å²) >= 11 is 0. The molecule has 0 N–H and O–H groups in total. The van der Waals surface area contributed by atoms with Crippen LogP contribution in [0.4, 0.5) is 0 Å². The molecule has 4 heteroatoms. The molecule has 0 atom stereocenters. The molecule has 0 aromatic rings. The molecule has 0 spiro atoms. The first-order valence-corrected chi connectivity index (χ1v) is 0. The van der Waals surface area contributed by atoms with E-state index in [4.69, 9.17) is 0 Å². The fourth-order valence-corrected chi connectivity index (χ4v) is 0. The second kappa shape index (κ2) is 15.7. The van der Waals surface area contributed by atoms with Crippen molar-refractivity contribution in [3.8, 4) is 0 Å². The molecule has 0 aromatic heterocycles. The largest absolute Gasteiger partial charge is 0.316 e. The van der Waals surface area contributed by atoms with Crippen molar-refractivity contribution >= 4 is 60.8 Å². The summed E-state index contributed by atoms with van der Waals surface area (Å²) in [5, 5.41) is 0. The first-order valence-electron chi connectivity index (χ1n) is 0. The van der Waals surface area contributed by atoms with Gasteiger partial charge in [0.25, 0.3) is 0 Å². The third-order valence-electron chi connectivity index (χ3n) is 0. The van der Waals surface area contributed by atoms with Gasteiger partial charge in [0.1, 0.15) is 0 Å². The Morgan fingerprint density at radius 2 is 1.00 bits per heavy atom. The summed E-state index contributed by atoms with van der Waals surface area (Å²) in [7, 11) is 0. The summed E-state index contributed by atoms with van der Waals surface area (Å²) in [6.45, 7) is 0. The molecule has 0 aliphatic heterocycles. The first-order chi connectivity index (χ1) is 0. The van der Waals surface area contributed by atoms with Gasteiger partial charge in [0.05, 0.1) is 0 Å². The number of hydrogen-bond donors (Lipinski definition) is 0. The summed E-state index contributed by atoms with van der Waals surface area (Å²) in [6.07, 6.45) is 0. The third-order valence-corrected chi connectivity index (χ3v) is 0. The van der Waals surface area contributed by atoms with Crippen LogP contribution in [0.2, 0.25) is 0 Å². The Kier molecular flexibility index (Phi) is 94.2. The van der Waals surface area contributed by atoms with Gasteiger partial charge in [-0.15, -0.1) is 0 Å². The fraction of sp³-hybridized carbons (Fsp3) is 0. The summed E-state index contributed by atoms with van der Waals surface area (Å²) < 4.78 is 0. The molecule has 0 rings (SSSR count). The summed E-state index contributed by atoms with van der Waals surface area (Å²) in [5.74, 6) is 0. The van der Waals surface area contributed by atoms with Gasteiger partial charge >= 0.3 is 60.8 Å². The maximum atomic E-state index is 0. The van der Waals surface area contributed by atoms with Crippen LogP contribution in [0.5, 0.6) is 0 Å². The van der Waals surface area contributed by atoms with E-state index in [9.17, 15) is 0 Å². The van der Waals surface area contributed by atoms with E-state index in [1.54, 1.807) is 0 Å². The Balaban J connectivity index is 0. The maximum absolute atomic E-state index is 0. The van der Waals surface area contributed by atoms with Crippen molar-refractivity contribution in [1.29, 1.82) is 0 Å². The van der Waals surface area contributed by atoms with E-state index in [0.717, 1.165) is 0 Å². The molecule has 0 saturated carbocycles. The molecule has 20 valence electrons. The molecular formula is H4CaGdMgZr. The van der Waals surface area contributed by atoms with Gasteiger partial charge in [-0.3, -0.25) is 0 Å². The van der Waals surface area contributed by atoms with Crippen LogP contribution in [0.1, 0.15) is 0 Å². The van der Waals surface area contributed by atoms with Crippen molar-refractivity contribution in [3.05, 3.63) is 0 Å². The first kappa shape index (κ1) is 24.0. The zero-order chi connectivity index (χ0) is 0. The summed E-state index contributed by atoms with van der Waals surface area (Å²) in [4.78, 5) is 0. The summed E-state index contributed by atoms with van der Waals surface area (Å²) in [5.41, 5.74) is 0. The molecule has 4 heavy (non-hydrogen) atoms. The molecular weight excluding hydrogens is 313 g/mol. The van der Waals surface area contributed by atoms with E-state index < -0.39 is 0 Å². The van der Waals surface area contributed by atoms with Gasteiger partial charge in [-0.2, -0.15) is 0 Å². The van der Waals surface area contributed by atoms with Gasteiger partial charge in [0.2, 0.25) is 0 Å². The van der Waals surface area contributed by atoms with Crippen LogP contribution in [0.3, 0.4) is 0 Å². The van der Waals surface area contributed by atoms with Crippen molar-refractivity contribution in [3.63, 3.8) is 0 Å². The Bertz CT molecular complexity index is 8.00. The Hall–Kier alpha value is 4.23. The SMILES string of the molecule is [CaH2].[Gd].[MgH2].[Zr]. The minimum Gasteiger partial charge on any atom is 0 e. The molecule has 0 aliphatic rings. The van der Waals surface area contributed by atoms with Gasteiger partial charge in [0.15, 0.2) is 0 Å². The van der Waals surface area contributed by atoms with Crippen molar-refractivity contribution < 1.29 is 66.1 Å². The quantitative estimate of drug-likeness (QED) is 0.461. The van der Waals surface area contributed by atoms with Crippen molar-refractivity contribution in [2.45, 2.75) is 0 Å². The predicted molar refractivity (Wildman–Crippen MR) is 17.1 cm³/mol. The Labute approximate surface area is 123 Å². The van der Waals surface area contributed by atoms with Crippen LogP contribution in [0.25, 0.3) is 0 Å². The van der Waals surface area contributed by atoms with Crippen LogP contribution < -0.4 is 0 Å². The third kappa shape index (κ3) is 9.53. The molecule has 0 aromatic carbocycles. The second-order valence-electron chi connectivity index (χ2n) is 0. The van der Waals surface area contributed by atoms with E-state index in [2.05, 4.69) is 0 Å². The maximum Gasteiger partial charge on any atom is 0.316 e. The smallest absolute Gasteiger partial charge is 0 e. The zero-order valence-electron chi connectivity index (χ0n) is 0.854. The molecule has 0 unspecified atom stereocenters. The monoisotopic (exact) mass is 316 g/mol. The van der Waals surface area contributed by atoms with Crippen LogP contribution in [-0.4, -0.2) is 60.8 Å². The van der Waals surface area contributed by atoms with Gasteiger partial charge in [-0.05, 0) is 0 Å². The fourth-order valence-electron chi connectivity index (χ4n) is 0. The van der Waals surface area contributed by atoms with Gasteiger partial charge in [0, 0.05) is 66.1 Å². The van der Waals surface area contributed by atoms with Crippen molar-refractivity contribution in [1.82, 2.24) is 0 Å². The minimum absolute atomic E-state index is 0. The van der Waals surface area contributed by atoms with Gasteiger partial charge < -0.3 is 0 Å². The standard InChI is InChI=1S/Ca.Gd.Mg.Zr.4H. The average Bonchev–Trinajstić information content (AvgIpc) is 0. The minimum atomic E-state index is 0. The molecule has 0 saturated heterocycles. The predicted octanol–water partition coefficient (Wildman–Crippen LogP) is -1.83. The number of rotatable bonds is 0. The molecule has 0 bridgehead atoms. The van der Waals surface area contributed by atoms with Crippen LogP contribution in [0.15, 0.2) is 0 Å². The average molecular weight is 317 g/mol.